The minimum atomic E-state index is 0.560. The molecule has 1 N–H and O–H groups in total. The number of nitrogens with zero attached hydrogens (tertiary/aromatic N) is 8. The van der Waals surface area contributed by atoms with Crippen LogP contribution < -0.4 is 19.9 Å². The fourth-order valence-corrected chi connectivity index (χ4v) is 6.06. The van der Waals surface area contributed by atoms with Crippen LogP contribution >= 0.6 is 0 Å². The first-order valence-electron chi connectivity index (χ1n) is 13.5. The van der Waals surface area contributed by atoms with Crippen molar-refractivity contribution in [2.75, 3.05) is 56.2 Å². The quantitative estimate of drug-likeness (QED) is 0.410. The predicted molar refractivity (Wildman–Crippen MR) is 149 cm³/mol. The summed E-state index contributed by atoms with van der Waals surface area (Å²) < 4.78 is 7.01. The number of anilines is 2. The number of methoxy groups -OCH3 is 1. The summed E-state index contributed by atoms with van der Waals surface area (Å²) in [6.45, 7) is 6.63. The number of rotatable bonds is 6. The highest BCUT2D eigenvalue weighted by atomic mass is 16.5. The Morgan fingerprint density at radius 1 is 1.00 bits per heavy atom. The first kappa shape index (κ1) is 23.9. The fraction of sp³-hybridized carbons (Fsp3) is 0.379. The van der Waals surface area contributed by atoms with Gasteiger partial charge in [0.2, 0.25) is 5.88 Å². The maximum atomic E-state index is 9.75. The van der Waals surface area contributed by atoms with E-state index in [-0.39, 0.29) is 0 Å². The Labute approximate surface area is 227 Å². The number of hydrogen-bond acceptors (Lipinski definition) is 9. The first-order chi connectivity index (χ1) is 19.2. The van der Waals surface area contributed by atoms with Crippen molar-refractivity contribution in [3.05, 3.63) is 66.2 Å². The zero-order chi connectivity index (χ0) is 26.3. The van der Waals surface area contributed by atoms with Gasteiger partial charge in [-0.25, -0.2) is 14.5 Å². The normalized spacial score (nSPS) is 21.0. The van der Waals surface area contributed by atoms with Gasteiger partial charge in [-0.2, -0.15) is 10.4 Å². The molecule has 4 fully saturated rings. The van der Waals surface area contributed by atoms with E-state index in [0.29, 0.717) is 23.5 Å². The van der Waals surface area contributed by atoms with Crippen LogP contribution in [0.1, 0.15) is 17.5 Å². The average Bonchev–Trinajstić information content (AvgIpc) is 3.41. The molecular formula is C29H31N9O. The molecule has 2 atom stereocenters. The van der Waals surface area contributed by atoms with Gasteiger partial charge in [-0.1, -0.05) is 6.07 Å². The summed E-state index contributed by atoms with van der Waals surface area (Å²) in [5.41, 5.74) is 5.72. The molecule has 8 rings (SSSR count). The highest BCUT2D eigenvalue weighted by Crippen LogP contribution is 2.34. The van der Waals surface area contributed by atoms with Crippen LogP contribution in [0.5, 0.6) is 5.88 Å². The van der Waals surface area contributed by atoms with Crippen molar-refractivity contribution in [1.82, 2.24) is 29.8 Å². The highest BCUT2D eigenvalue weighted by Gasteiger charge is 2.36. The lowest BCUT2D eigenvalue weighted by Crippen LogP contribution is -2.67. The van der Waals surface area contributed by atoms with E-state index < -0.39 is 0 Å². The maximum Gasteiger partial charge on any atom is 0.212 e. The summed E-state index contributed by atoms with van der Waals surface area (Å²) in [5.74, 6) is 1.62. The van der Waals surface area contributed by atoms with Crippen LogP contribution in [0.15, 0.2) is 55.1 Å². The van der Waals surface area contributed by atoms with Crippen LogP contribution in [0.3, 0.4) is 0 Å². The van der Waals surface area contributed by atoms with Crippen molar-refractivity contribution in [1.29, 1.82) is 5.26 Å². The Hall–Kier alpha value is -4.20. The number of nitrogens with one attached hydrogen (secondary N) is 1. The monoisotopic (exact) mass is 521 g/mol. The van der Waals surface area contributed by atoms with Gasteiger partial charge in [-0.05, 0) is 30.2 Å². The number of aromatic nitrogens is 4. The third-order valence-corrected chi connectivity index (χ3v) is 8.17. The molecule has 10 nitrogen and oxygen atoms in total. The van der Waals surface area contributed by atoms with Gasteiger partial charge < -0.3 is 19.9 Å². The number of nitriles is 1. The number of pyridine rings is 3. The van der Waals surface area contributed by atoms with E-state index in [2.05, 4.69) is 60.4 Å². The molecule has 2 bridgehead atoms. The van der Waals surface area contributed by atoms with Gasteiger partial charge in [0, 0.05) is 87.5 Å². The van der Waals surface area contributed by atoms with E-state index in [1.54, 1.807) is 13.3 Å². The largest absolute Gasteiger partial charge is 0.481 e. The zero-order valence-electron chi connectivity index (χ0n) is 22.0. The van der Waals surface area contributed by atoms with Crippen molar-refractivity contribution in [2.24, 2.45) is 0 Å². The average molecular weight is 522 g/mol. The van der Waals surface area contributed by atoms with Gasteiger partial charge in [0.05, 0.1) is 36.3 Å². The molecular weight excluding hydrogens is 490 g/mol. The zero-order valence-corrected chi connectivity index (χ0v) is 22.0. The van der Waals surface area contributed by atoms with Crippen molar-refractivity contribution >= 4 is 17.0 Å². The molecule has 4 aliphatic heterocycles. The van der Waals surface area contributed by atoms with E-state index in [1.165, 1.54) is 12.0 Å². The van der Waals surface area contributed by atoms with Crippen LogP contribution in [0.2, 0.25) is 0 Å². The Morgan fingerprint density at radius 2 is 1.82 bits per heavy atom. The number of piperidine rings is 1. The molecule has 4 aromatic heterocycles. The molecule has 0 spiro atoms. The van der Waals surface area contributed by atoms with Crippen molar-refractivity contribution in [3.63, 3.8) is 0 Å². The molecule has 0 aliphatic carbocycles. The second-order valence-corrected chi connectivity index (χ2v) is 10.7. The third kappa shape index (κ3) is 4.54. The lowest BCUT2D eigenvalue weighted by atomic mass is 9.91. The molecule has 0 aromatic carbocycles. The van der Waals surface area contributed by atoms with Gasteiger partial charge >= 0.3 is 0 Å². The SMILES string of the molecule is COc1ccc(CN2CCN(c3ccc(-c4cc(N5CC6CC(C5)N6)cn5ncc(C#N)c45)cn3)CC2)cn1. The van der Waals surface area contributed by atoms with Crippen molar-refractivity contribution < 1.29 is 4.74 Å². The van der Waals surface area contributed by atoms with E-state index in [1.807, 2.05) is 29.2 Å². The molecule has 4 saturated heterocycles. The van der Waals surface area contributed by atoms with Gasteiger partial charge in [0.15, 0.2) is 0 Å². The number of piperazine rings is 2. The van der Waals surface area contributed by atoms with Gasteiger partial charge in [-0.3, -0.25) is 4.90 Å². The Kier molecular flexibility index (Phi) is 6.02. The van der Waals surface area contributed by atoms with Gasteiger partial charge in [0.1, 0.15) is 11.9 Å². The molecule has 8 heterocycles. The van der Waals surface area contributed by atoms with E-state index in [0.717, 1.165) is 74.0 Å². The summed E-state index contributed by atoms with van der Waals surface area (Å²) in [6, 6.07) is 13.8. The molecule has 0 saturated carbocycles. The van der Waals surface area contributed by atoms with Crippen LogP contribution in [-0.4, -0.2) is 82.9 Å². The summed E-state index contributed by atoms with van der Waals surface area (Å²) in [6.07, 6.45) is 8.78. The molecule has 198 valence electrons. The lowest BCUT2D eigenvalue weighted by Gasteiger charge is -2.49. The molecule has 39 heavy (non-hydrogen) atoms. The van der Waals surface area contributed by atoms with Crippen molar-refractivity contribution in [3.8, 4) is 23.1 Å². The van der Waals surface area contributed by atoms with Crippen LogP contribution in [0.4, 0.5) is 11.5 Å². The minimum absolute atomic E-state index is 0.560. The predicted octanol–water partition coefficient (Wildman–Crippen LogP) is 2.54. The Bertz CT molecular complexity index is 1500. The van der Waals surface area contributed by atoms with Crippen molar-refractivity contribution in [2.45, 2.75) is 25.0 Å². The second-order valence-electron chi connectivity index (χ2n) is 10.7. The molecule has 0 amide bonds. The standard InChI is InChI=1S/C29H31N9O/c1-39-28-5-2-20(13-32-28)16-35-6-8-36(9-7-35)27-4-3-21(14-31-27)26-11-25(37-17-23-10-24(18-37)34-23)19-38-29(26)22(12-30)15-33-38/h2-5,11,13-15,19,23-24,34H,6-10,16-18H2,1H3. The number of hydrogen-bond donors (Lipinski definition) is 1. The first-order valence-corrected chi connectivity index (χ1v) is 13.5. The van der Waals surface area contributed by atoms with Crippen LogP contribution in [0, 0.1) is 11.3 Å². The molecule has 4 aliphatic rings. The van der Waals surface area contributed by atoms with Gasteiger partial charge in [0.25, 0.3) is 0 Å². The summed E-state index contributed by atoms with van der Waals surface area (Å²) in [7, 11) is 1.64. The number of fused-ring (bicyclic) bond motifs is 3. The minimum Gasteiger partial charge on any atom is -0.481 e. The summed E-state index contributed by atoms with van der Waals surface area (Å²) in [5, 5.41) is 17.9. The summed E-state index contributed by atoms with van der Waals surface area (Å²) >= 11 is 0. The van der Waals surface area contributed by atoms with E-state index in [9.17, 15) is 5.26 Å². The third-order valence-electron chi connectivity index (χ3n) is 8.17. The Balaban J connectivity index is 1.08. The topological polar surface area (TPSA) is 97.8 Å². The smallest absolute Gasteiger partial charge is 0.212 e. The Morgan fingerprint density at radius 3 is 2.49 bits per heavy atom. The fourth-order valence-electron chi connectivity index (χ4n) is 6.06. The molecule has 0 radical (unpaired) electrons. The highest BCUT2D eigenvalue weighted by molar-refractivity contribution is 5.86. The molecule has 4 aromatic rings. The second kappa shape index (κ2) is 9.84. The molecule has 2 unspecified atom stereocenters. The molecule has 10 heteroatoms. The number of ether oxygens (including phenoxy) is 1. The maximum absolute atomic E-state index is 9.75. The van der Waals surface area contributed by atoms with E-state index in [4.69, 9.17) is 9.72 Å². The lowest BCUT2D eigenvalue weighted by molar-refractivity contribution is 0.226. The van der Waals surface area contributed by atoms with Crippen LogP contribution in [0.25, 0.3) is 16.6 Å². The van der Waals surface area contributed by atoms with Crippen LogP contribution in [-0.2, 0) is 6.54 Å². The van der Waals surface area contributed by atoms with E-state index >= 15 is 0 Å². The summed E-state index contributed by atoms with van der Waals surface area (Å²) in [4.78, 5) is 16.4. The van der Waals surface area contributed by atoms with Gasteiger partial charge in [-0.15, -0.1) is 0 Å².